The molecule has 0 aliphatic carbocycles. The third kappa shape index (κ3) is 3.73. The summed E-state index contributed by atoms with van der Waals surface area (Å²) in [5.74, 6) is 2.26. The Morgan fingerprint density at radius 2 is 2.07 bits per heavy atom. The minimum Gasteiger partial charge on any atom is -0.485 e. The summed E-state index contributed by atoms with van der Waals surface area (Å²) in [4.78, 5) is 14.6. The van der Waals surface area contributed by atoms with Gasteiger partial charge < -0.3 is 14.4 Å². The minimum absolute atomic E-state index is 0.156. The number of likely N-dealkylation sites (tertiary alicyclic amines) is 1. The molecule has 4 rings (SSSR count). The van der Waals surface area contributed by atoms with Gasteiger partial charge in [0, 0.05) is 19.6 Å². The number of carbonyl (C=O) groups excluding carboxylic acids is 1. The van der Waals surface area contributed by atoms with E-state index in [9.17, 15) is 4.79 Å². The van der Waals surface area contributed by atoms with Crippen LogP contribution in [0.4, 0.5) is 0 Å². The highest BCUT2D eigenvalue weighted by atomic mass is 32.2. The van der Waals surface area contributed by atoms with Gasteiger partial charge in [-0.1, -0.05) is 30.0 Å². The van der Waals surface area contributed by atoms with Gasteiger partial charge >= 0.3 is 0 Å². The van der Waals surface area contributed by atoms with E-state index in [0.29, 0.717) is 29.9 Å². The SMILES string of the molecule is C=CCn1c(SC(C)C(=O)N2CCCC2)nnc1C1COc2ccccc2O1. The topological polar surface area (TPSA) is 69.5 Å². The molecular formula is C20H24N4O3S. The van der Waals surface area contributed by atoms with Gasteiger partial charge in [-0.25, -0.2) is 0 Å². The fourth-order valence-corrected chi connectivity index (χ4v) is 4.43. The van der Waals surface area contributed by atoms with Crippen molar-refractivity contribution in [2.45, 2.75) is 42.8 Å². The molecule has 0 saturated carbocycles. The van der Waals surface area contributed by atoms with E-state index in [2.05, 4.69) is 16.8 Å². The summed E-state index contributed by atoms with van der Waals surface area (Å²) < 4.78 is 13.9. The van der Waals surface area contributed by atoms with E-state index in [1.807, 2.05) is 40.7 Å². The average molecular weight is 401 g/mol. The maximum absolute atomic E-state index is 12.6. The number of rotatable bonds is 6. The van der Waals surface area contributed by atoms with Crippen LogP contribution in [0.2, 0.25) is 0 Å². The lowest BCUT2D eigenvalue weighted by Gasteiger charge is -2.26. The minimum atomic E-state index is -0.360. The fourth-order valence-electron chi connectivity index (χ4n) is 3.48. The normalized spacial score (nSPS) is 19.5. The molecule has 0 radical (unpaired) electrons. The molecule has 148 valence electrons. The van der Waals surface area contributed by atoms with Crippen molar-refractivity contribution >= 4 is 17.7 Å². The quantitative estimate of drug-likeness (QED) is 0.548. The van der Waals surface area contributed by atoms with Crippen molar-refractivity contribution < 1.29 is 14.3 Å². The lowest BCUT2D eigenvalue weighted by atomic mass is 10.2. The number of para-hydroxylation sites is 2. The number of nitrogens with zero attached hydrogens (tertiary/aromatic N) is 4. The van der Waals surface area contributed by atoms with Crippen LogP contribution in [0.3, 0.4) is 0 Å². The van der Waals surface area contributed by atoms with Gasteiger partial charge in [0.2, 0.25) is 5.91 Å². The van der Waals surface area contributed by atoms with E-state index in [4.69, 9.17) is 9.47 Å². The molecule has 2 unspecified atom stereocenters. The Bertz CT molecular complexity index is 863. The zero-order valence-electron chi connectivity index (χ0n) is 15.9. The van der Waals surface area contributed by atoms with E-state index in [1.165, 1.54) is 11.8 Å². The molecule has 1 amide bonds. The summed E-state index contributed by atoms with van der Waals surface area (Å²) in [7, 11) is 0. The van der Waals surface area contributed by atoms with Gasteiger partial charge in [-0.15, -0.1) is 16.8 Å². The van der Waals surface area contributed by atoms with E-state index < -0.39 is 0 Å². The second-order valence-corrected chi connectivity index (χ2v) is 8.20. The number of ether oxygens (including phenoxy) is 2. The van der Waals surface area contributed by atoms with Gasteiger partial charge in [0.05, 0.1) is 5.25 Å². The molecule has 0 N–H and O–H groups in total. The number of amides is 1. The lowest BCUT2D eigenvalue weighted by Crippen LogP contribution is -2.34. The van der Waals surface area contributed by atoms with Gasteiger partial charge in [-0.2, -0.15) is 0 Å². The molecule has 1 aromatic heterocycles. The maximum Gasteiger partial charge on any atom is 0.235 e. The van der Waals surface area contributed by atoms with Gasteiger partial charge in [0.1, 0.15) is 6.61 Å². The first-order valence-electron chi connectivity index (χ1n) is 9.55. The number of thioether (sulfide) groups is 1. The van der Waals surface area contributed by atoms with Crippen LogP contribution in [0.1, 0.15) is 31.7 Å². The van der Waals surface area contributed by atoms with Crippen LogP contribution in [0.15, 0.2) is 42.1 Å². The highest BCUT2D eigenvalue weighted by molar-refractivity contribution is 8.00. The summed E-state index contributed by atoms with van der Waals surface area (Å²) in [5.41, 5.74) is 0. The third-order valence-corrected chi connectivity index (χ3v) is 5.97. The largest absolute Gasteiger partial charge is 0.485 e. The zero-order valence-corrected chi connectivity index (χ0v) is 16.7. The second kappa shape index (κ2) is 8.26. The number of aromatic nitrogens is 3. The van der Waals surface area contributed by atoms with Crippen LogP contribution in [0, 0.1) is 0 Å². The number of benzene rings is 1. The Morgan fingerprint density at radius 1 is 1.32 bits per heavy atom. The molecule has 2 aliphatic heterocycles. The van der Waals surface area contributed by atoms with Crippen LogP contribution in [-0.4, -0.2) is 50.5 Å². The maximum atomic E-state index is 12.6. The van der Waals surface area contributed by atoms with Crippen molar-refractivity contribution in [3.63, 3.8) is 0 Å². The smallest absolute Gasteiger partial charge is 0.235 e. The third-order valence-electron chi connectivity index (χ3n) is 4.90. The number of hydrogen-bond donors (Lipinski definition) is 0. The molecule has 0 bridgehead atoms. The standard InChI is InChI=1S/C20H24N4O3S/c1-3-10-24-18(17-13-26-15-8-4-5-9-16(15)27-17)21-22-20(24)28-14(2)19(25)23-11-6-7-12-23/h3-5,8-9,14,17H,1,6-7,10-13H2,2H3. The zero-order chi connectivity index (χ0) is 19.5. The van der Waals surface area contributed by atoms with Gasteiger partial charge in [0.15, 0.2) is 28.6 Å². The molecule has 3 heterocycles. The van der Waals surface area contributed by atoms with Crippen LogP contribution in [0.5, 0.6) is 11.5 Å². The molecule has 2 atom stereocenters. The van der Waals surface area contributed by atoms with E-state index in [0.717, 1.165) is 31.7 Å². The molecule has 1 aromatic carbocycles. The monoisotopic (exact) mass is 400 g/mol. The van der Waals surface area contributed by atoms with Crippen molar-refractivity contribution in [3.05, 3.63) is 42.7 Å². The first-order chi connectivity index (χ1) is 13.7. The highest BCUT2D eigenvalue weighted by Crippen LogP contribution is 2.36. The van der Waals surface area contributed by atoms with Crippen LogP contribution in [-0.2, 0) is 11.3 Å². The van der Waals surface area contributed by atoms with E-state index >= 15 is 0 Å². The Hall–Kier alpha value is -2.48. The predicted molar refractivity (Wildman–Crippen MR) is 107 cm³/mol. The van der Waals surface area contributed by atoms with Crippen molar-refractivity contribution in [2.75, 3.05) is 19.7 Å². The Labute approximate surface area is 168 Å². The molecule has 1 saturated heterocycles. The van der Waals surface area contributed by atoms with Crippen LogP contribution < -0.4 is 9.47 Å². The van der Waals surface area contributed by atoms with Crippen LogP contribution in [0.25, 0.3) is 0 Å². The van der Waals surface area contributed by atoms with Crippen molar-refractivity contribution in [2.24, 2.45) is 0 Å². The Balaban J connectivity index is 1.53. The highest BCUT2D eigenvalue weighted by Gasteiger charge is 2.30. The number of hydrogen-bond acceptors (Lipinski definition) is 6. The average Bonchev–Trinajstić information content (AvgIpc) is 3.38. The van der Waals surface area contributed by atoms with E-state index in [1.54, 1.807) is 6.08 Å². The predicted octanol–water partition coefficient (Wildman–Crippen LogP) is 3.08. The molecule has 2 aliphatic rings. The van der Waals surface area contributed by atoms with Gasteiger partial charge in [0.25, 0.3) is 0 Å². The molecule has 0 spiro atoms. The van der Waals surface area contributed by atoms with Gasteiger partial charge in [-0.3, -0.25) is 9.36 Å². The molecule has 1 fully saturated rings. The molecule has 28 heavy (non-hydrogen) atoms. The van der Waals surface area contributed by atoms with Crippen molar-refractivity contribution in [3.8, 4) is 11.5 Å². The number of carbonyl (C=O) groups is 1. The van der Waals surface area contributed by atoms with E-state index in [-0.39, 0.29) is 17.3 Å². The van der Waals surface area contributed by atoms with Crippen LogP contribution >= 0.6 is 11.8 Å². The molecule has 7 nitrogen and oxygen atoms in total. The molecule has 8 heteroatoms. The summed E-state index contributed by atoms with van der Waals surface area (Å²) in [5, 5.41) is 9.17. The summed E-state index contributed by atoms with van der Waals surface area (Å²) >= 11 is 1.43. The summed E-state index contributed by atoms with van der Waals surface area (Å²) in [6.07, 6.45) is 3.60. The fraction of sp³-hybridized carbons (Fsp3) is 0.450. The first kappa shape index (κ1) is 18.9. The molecular weight excluding hydrogens is 376 g/mol. The lowest BCUT2D eigenvalue weighted by molar-refractivity contribution is -0.129. The summed E-state index contributed by atoms with van der Waals surface area (Å²) in [6.45, 7) is 8.36. The molecule has 2 aromatic rings. The van der Waals surface area contributed by atoms with Crippen molar-refractivity contribution in [1.82, 2.24) is 19.7 Å². The first-order valence-corrected chi connectivity index (χ1v) is 10.4. The van der Waals surface area contributed by atoms with Crippen molar-refractivity contribution in [1.29, 1.82) is 0 Å². The summed E-state index contributed by atoms with van der Waals surface area (Å²) in [6, 6.07) is 7.58. The number of fused-ring (bicyclic) bond motifs is 1. The Kier molecular flexibility index (Phi) is 5.57. The Morgan fingerprint density at radius 3 is 2.82 bits per heavy atom. The van der Waals surface area contributed by atoms with Gasteiger partial charge in [-0.05, 0) is 31.9 Å². The number of allylic oxidation sites excluding steroid dienone is 1. The second-order valence-electron chi connectivity index (χ2n) is 6.90.